The molecule has 3 rings (SSSR count). The average molecular weight is 567 g/mol. The maximum absolute atomic E-state index is 11.9. The summed E-state index contributed by atoms with van der Waals surface area (Å²) in [6, 6.07) is 16.2. The molecule has 226 valence electrons. The molecule has 0 aromatic heterocycles. The molecule has 0 spiro atoms. The number of hydrogen-bond acceptors (Lipinski definition) is 7. The lowest BCUT2D eigenvalue weighted by Crippen LogP contribution is -2.33. The first-order valence-electron chi connectivity index (χ1n) is 14.7. The highest BCUT2D eigenvalue weighted by atomic mass is 16.6. The summed E-state index contributed by atoms with van der Waals surface area (Å²) in [5.74, 6) is 0.526. The number of hydrogen-bond donors (Lipinski definition) is 2. The number of nitrogens with two attached hydrogens (primary N) is 1. The summed E-state index contributed by atoms with van der Waals surface area (Å²) in [4.78, 5) is 39.3. The normalized spacial score (nSPS) is 13.4. The number of rotatable bonds is 13. The van der Waals surface area contributed by atoms with Gasteiger partial charge in [-0.2, -0.15) is 0 Å². The molecule has 2 aromatic rings. The molecule has 0 bridgehead atoms. The number of nitrogens with one attached hydrogen (secondary N) is 1. The van der Waals surface area contributed by atoms with Crippen molar-refractivity contribution in [1.82, 2.24) is 15.1 Å². The first-order chi connectivity index (χ1) is 19.4. The molecule has 1 aliphatic rings. The standard InChI is InChI=1S/C18H28N2O3.C15H22N2O/c1-18(2,3)23-17(22)19-11-10-14-6-8-15(9-7-14)12-16(21)13-20(4)5;16-8-7-13-3-5-14(6-4-13)11-15(18)12-17-9-1-2-10-17/h6-9H,10-13H2,1-5H3,(H,19,22);3-6H,1-2,7-12,16H2. The van der Waals surface area contributed by atoms with E-state index in [4.69, 9.17) is 10.5 Å². The molecule has 8 heteroatoms. The van der Waals surface area contributed by atoms with E-state index in [1.807, 2.05) is 76.2 Å². The van der Waals surface area contributed by atoms with Crippen LogP contribution in [0.25, 0.3) is 0 Å². The van der Waals surface area contributed by atoms with E-state index in [2.05, 4.69) is 22.3 Å². The van der Waals surface area contributed by atoms with Crippen LogP contribution in [0, 0.1) is 0 Å². The van der Waals surface area contributed by atoms with Gasteiger partial charge in [-0.25, -0.2) is 4.79 Å². The van der Waals surface area contributed by atoms with Gasteiger partial charge in [0, 0.05) is 19.4 Å². The van der Waals surface area contributed by atoms with Crippen molar-refractivity contribution in [2.24, 2.45) is 5.73 Å². The molecular weight excluding hydrogens is 516 g/mol. The molecule has 1 fully saturated rings. The van der Waals surface area contributed by atoms with Gasteiger partial charge >= 0.3 is 6.09 Å². The largest absolute Gasteiger partial charge is 0.444 e. The van der Waals surface area contributed by atoms with Crippen LogP contribution in [0.3, 0.4) is 0 Å². The fourth-order valence-corrected chi connectivity index (χ4v) is 4.55. The molecule has 0 unspecified atom stereocenters. The summed E-state index contributed by atoms with van der Waals surface area (Å²) in [5, 5.41) is 2.74. The number of carbonyl (C=O) groups is 3. The van der Waals surface area contributed by atoms with E-state index in [1.54, 1.807) is 0 Å². The summed E-state index contributed by atoms with van der Waals surface area (Å²) in [5.41, 5.74) is 9.51. The van der Waals surface area contributed by atoms with Gasteiger partial charge in [0.2, 0.25) is 0 Å². The van der Waals surface area contributed by atoms with Crippen LogP contribution in [-0.4, -0.2) is 86.4 Å². The lowest BCUT2D eigenvalue weighted by Gasteiger charge is -2.19. The number of ketones is 2. The Bertz CT molecular complexity index is 1070. The molecule has 1 aliphatic heterocycles. The molecule has 0 radical (unpaired) electrons. The minimum atomic E-state index is -0.481. The number of amides is 1. The molecule has 3 N–H and O–H groups in total. The van der Waals surface area contributed by atoms with Crippen molar-refractivity contribution in [3.8, 4) is 0 Å². The Morgan fingerprint density at radius 3 is 1.80 bits per heavy atom. The third-order valence-electron chi connectivity index (χ3n) is 6.45. The van der Waals surface area contributed by atoms with E-state index < -0.39 is 11.7 Å². The lowest BCUT2D eigenvalue weighted by atomic mass is 10.0. The summed E-state index contributed by atoms with van der Waals surface area (Å²) < 4.78 is 5.18. The molecule has 41 heavy (non-hydrogen) atoms. The van der Waals surface area contributed by atoms with Crippen LogP contribution < -0.4 is 11.1 Å². The summed E-state index contributed by atoms with van der Waals surface area (Å²) in [7, 11) is 3.78. The zero-order valence-corrected chi connectivity index (χ0v) is 25.7. The number of carbonyl (C=O) groups excluding carboxylic acids is 3. The smallest absolute Gasteiger partial charge is 0.407 e. The third kappa shape index (κ3) is 15.5. The predicted octanol–water partition coefficient (Wildman–Crippen LogP) is 3.82. The van der Waals surface area contributed by atoms with E-state index in [1.165, 1.54) is 18.4 Å². The fourth-order valence-electron chi connectivity index (χ4n) is 4.55. The highest BCUT2D eigenvalue weighted by molar-refractivity contribution is 5.83. The average Bonchev–Trinajstić information content (AvgIpc) is 3.38. The minimum Gasteiger partial charge on any atom is -0.444 e. The van der Waals surface area contributed by atoms with E-state index in [-0.39, 0.29) is 5.78 Å². The van der Waals surface area contributed by atoms with Gasteiger partial charge in [-0.05, 0) is 102 Å². The number of likely N-dealkylation sites (N-methyl/N-ethyl adjacent to an activating group) is 1. The minimum absolute atomic E-state index is 0.203. The third-order valence-corrected chi connectivity index (χ3v) is 6.45. The van der Waals surface area contributed by atoms with Crippen LogP contribution in [0.4, 0.5) is 4.79 Å². The van der Waals surface area contributed by atoms with Crippen molar-refractivity contribution >= 4 is 17.7 Å². The van der Waals surface area contributed by atoms with Gasteiger partial charge in [0.15, 0.2) is 11.6 Å². The Hall–Kier alpha value is -3.07. The van der Waals surface area contributed by atoms with Crippen LogP contribution in [0.1, 0.15) is 55.9 Å². The maximum atomic E-state index is 11.9. The second-order valence-electron chi connectivity index (χ2n) is 12.0. The van der Waals surface area contributed by atoms with Gasteiger partial charge in [0.1, 0.15) is 5.60 Å². The second-order valence-corrected chi connectivity index (χ2v) is 12.0. The molecule has 0 atom stereocenters. The highest BCUT2D eigenvalue weighted by Gasteiger charge is 2.16. The van der Waals surface area contributed by atoms with Crippen LogP contribution in [0.2, 0.25) is 0 Å². The van der Waals surface area contributed by atoms with E-state index in [0.29, 0.717) is 44.8 Å². The summed E-state index contributed by atoms with van der Waals surface area (Å²) >= 11 is 0. The molecule has 0 saturated carbocycles. The van der Waals surface area contributed by atoms with E-state index in [0.717, 1.165) is 42.6 Å². The van der Waals surface area contributed by atoms with Crippen molar-refractivity contribution in [1.29, 1.82) is 0 Å². The molecule has 1 heterocycles. The number of alkyl carbamates (subject to hydrolysis) is 1. The number of ether oxygens (including phenoxy) is 1. The fraction of sp³-hybridized carbons (Fsp3) is 0.545. The lowest BCUT2D eigenvalue weighted by molar-refractivity contribution is -0.120. The van der Waals surface area contributed by atoms with Crippen LogP contribution in [0.15, 0.2) is 48.5 Å². The van der Waals surface area contributed by atoms with Crippen molar-refractivity contribution in [2.45, 2.75) is 64.9 Å². The first-order valence-corrected chi connectivity index (χ1v) is 14.7. The van der Waals surface area contributed by atoms with Crippen molar-refractivity contribution in [3.63, 3.8) is 0 Å². The summed E-state index contributed by atoms with van der Waals surface area (Å²) in [6.07, 6.45) is 4.71. The monoisotopic (exact) mass is 566 g/mol. The maximum Gasteiger partial charge on any atom is 0.407 e. The van der Waals surface area contributed by atoms with Crippen LogP contribution >= 0.6 is 0 Å². The molecular formula is C33H50N4O4. The van der Waals surface area contributed by atoms with Crippen molar-refractivity contribution in [2.75, 3.05) is 53.4 Å². The van der Waals surface area contributed by atoms with E-state index >= 15 is 0 Å². The molecule has 1 saturated heterocycles. The van der Waals surface area contributed by atoms with Gasteiger partial charge in [-0.15, -0.1) is 0 Å². The zero-order chi connectivity index (χ0) is 30.3. The quantitative estimate of drug-likeness (QED) is 0.380. The molecule has 8 nitrogen and oxygen atoms in total. The Balaban J connectivity index is 0.000000295. The Morgan fingerprint density at radius 2 is 1.32 bits per heavy atom. The Morgan fingerprint density at radius 1 is 0.829 bits per heavy atom. The van der Waals surface area contributed by atoms with Gasteiger partial charge in [0.05, 0.1) is 13.1 Å². The van der Waals surface area contributed by atoms with Crippen molar-refractivity contribution < 1.29 is 19.1 Å². The number of nitrogens with zero attached hydrogens (tertiary/aromatic N) is 2. The van der Waals surface area contributed by atoms with Crippen LogP contribution in [0.5, 0.6) is 0 Å². The topological polar surface area (TPSA) is 105 Å². The zero-order valence-electron chi connectivity index (χ0n) is 25.7. The molecule has 0 aliphatic carbocycles. The molecule has 1 amide bonds. The number of Topliss-reactive ketones (excluding diaryl/α,β-unsaturated/α-hetero) is 2. The first kappa shape index (κ1) is 34.1. The molecule has 2 aromatic carbocycles. The Labute approximate surface area is 246 Å². The van der Waals surface area contributed by atoms with Crippen LogP contribution in [-0.2, 0) is 40.0 Å². The van der Waals surface area contributed by atoms with Gasteiger partial charge < -0.3 is 20.7 Å². The van der Waals surface area contributed by atoms with E-state index in [9.17, 15) is 14.4 Å². The van der Waals surface area contributed by atoms with Gasteiger partial charge in [0.25, 0.3) is 0 Å². The number of likely N-dealkylation sites (tertiary alicyclic amines) is 1. The number of benzene rings is 2. The highest BCUT2D eigenvalue weighted by Crippen LogP contribution is 2.10. The van der Waals surface area contributed by atoms with Gasteiger partial charge in [-0.3, -0.25) is 14.5 Å². The van der Waals surface area contributed by atoms with Crippen molar-refractivity contribution in [3.05, 3.63) is 70.8 Å². The van der Waals surface area contributed by atoms with Gasteiger partial charge in [-0.1, -0.05) is 48.5 Å². The second kappa shape index (κ2) is 17.7. The Kier molecular flexibility index (Phi) is 14.7. The summed E-state index contributed by atoms with van der Waals surface area (Å²) in [6.45, 7) is 9.95. The predicted molar refractivity (Wildman–Crippen MR) is 165 cm³/mol. The SMILES string of the molecule is CN(C)CC(=O)Cc1ccc(CCNC(=O)OC(C)(C)C)cc1.NCCc1ccc(CC(=O)CN2CCCC2)cc1.